The fraction of sp³-hybridized carbons (Fsp3) is 0.176. The van der Waals surface area contributed by atoms with Crippen molar-refractivity contribution in [2.75, 3.05) is 19.6 Å². The maximum Gasteiger partial charge on any atom is 0.222 e. The number of hydrazone groups is 1. The SMILES string of the molecule is COc1ccc(OC)c(/C=N\Nc2nc3ccc(C)cc3[nH]2)c1. The Hall–Kier alpha value is -3.02. The van der Waals surface area contributed by atoms with Gasteiger partial charge in [0.05, 0.1) is 31.5 Å². The van der Waals surface area contributed by atoms with Gasteiger partial charge >= 0.3 is 0 Å². The van der Waals surface area contributed by atoms with Gasteiger partial charge in [-0.15, -0.1) is 0 Å². The molecule has 0 atom stereocenters. The van der Waals surface area contributed by atoms with Crippen molar-refractivity contribution in [3.05, 3.63) is 47.5 Å². The number of aryl methyl sites for hydroxylation is 1. The van der Waals surface area contributed by atoms with Gasteiger partial charge in [-0.2, -0.15) is 5.10 Å². The highest BCUT2D eigenvalue weighted by atomic mass is 16.5. The van der Waals surface area contributed by atoms with Gasteiger partial charge in [0.15, 0.2) is 0 Å². The first-order valence-corrected chi connectivity index (χ1v) is 7.17. The molecule has 3 aromatic rings. The van der Waals surface area contributed by atoms with Gasteiger partial charge in [0.1, 0.15) is 11.5 Å². The maximum atomic E-state index is 5.31. The number of aromatic nitrogens is 2. The summed E-state index contributed by atoms with van der Waals surface area (Å²) in [6.45, 7) is 2.04. The summed E-state index contributed by atoms with van der Waals surface area (Å²) < 4.78 is 10.5. The molecule has 23 heavy (non-hydrogen) atoms. The number of hydrogen-bond acceptors (Lipinski definition) is 5. The molecule has 6 heteroatoms. The van der Waals surface area contributed by atoms with Crippen molar-refractivity contribution in [1.82, 2.24) is 9.97 Å². The Balaban J connectivity index is 1.79. The Morgan fingerprint density at radius 3 is 2.78 bits per heavy atom. The summed E-state index contributed by atoms with van der Waals surface area (Å²) in [5.74, 6) is 2.05. The second-order valence-corrected chi connectivity index (χ2v) is 5.08. The summed E-state index contributed by atoms with van der Waals surface area (Å²) >= 11 is 0. The van der Waals surface area contributed by atoms with E-state index in [-0.39, 0.29) is 0 Å². The van der Waals surface area contributed by atoms with Crippen molar-refractivity contribution >= 4 is 23.2 Å². The first-order chi connectivity index (χ1) is 11.2. The summed E-state index contributed by atoms with van der Waals surface area (Å²) in [5, 5.41) is 4.21. The zero-order valence-corrected chi connectivity index (χ0v) is 13.3. The highest BCUT2D eigenvalue weighted by Crippen LogP contribution is 2.22. The molecule has 1 aromatic heterocycles. The van der Waals surface area contributed by atoms with Gasteiger partial charge in [0.25, 0.3) is 0 Å². The molecule has 0 unspecified atom stereocenters. The quantitative estimate of drug-likeness (QED) is 0.560. The molecule has 0 aliphatic rings. The van der Waals surface area contributed by atoms with Crippen molar-refractivity contribution < 1.29 is 9.47 Å². The molecule has 0 fully saturated rings. The molecule has 1 heterocycles. The summed E-state index contributed by atoms with van der Waals surface area (Å²) in [6, 6.07) is 11.6. The highest BCUT2D eigenvalue weighted by molar-refractivity contribution is 5.85. The number of H-pyrrole nitrogens is 1. The number of methoxy groups -OCH3 is 2. The van der Waals surface area contributed by atoms with Gasteiger partial charge in [-0.1, -0.05) is 6.07 Å². The van der Waals surface area contributed by atoms with Crippen LogP contribution in [-0.4, -0.2) is 30.4 Å². The lowest BCUT2D eigenvalue weighted by Crippen LogP contribution is -1.96. The van der Waals surface area contributed by atoms with Crippen LogP contribution in [0.4, 0.5) is 5.95 Å². The summed E-state index contributed by atoms with van der Waals surface area (Å²) in [4.78, 5) is 7.61. The van der Waals surface area contributed by atoms with Gasteiger partial charge in [-0.05, 0) is 42.8 Å². The van der Waals surface area contributed by atoms with E-state index in [2.05, 4.69) is 20.5 Å². The number of ether oxygens (including phenoxy) is 2. The van der Waals surface area contributed by atoms with E-state index in [1.54, 1.807) is 20.4 Å². The third-order valence-corrected chi connectivity index (χ3v) is 3.45. The fourth-order valence-corrected chi connectivity index (χ4v) is 2.28. The molecule has 2 aromatic carbocycles. The van der Waals surface area contributed by atoms with E-state index in [1.165, 1.54) is 5.56 Å². The second-order valence-electron chi connectivity index (χ2n) is 5.08. The smallest absolute Gasteiger partial charge is 0.222 e. The van der Waals surface area contributed by atoms with Gasteiger partial charge in [0.2, 0.25) is 5.95 Å². The third-order valence-electron chi connectivity index (χ3n) is 3.45. The molecule has 0 radical (unpaired) electrons. The van der Waals surface area contributed by atoms with E-state index in [0.717, 1.165) is 28.1 Å². The van der Waals surface area contributed by atoms with Crippen LogP contribution in [0, 0.1) is 6.92 Å². The standard InChI is InChI=1S/C17H18N4O2/c1-11-4-6-14-15(8-11)20-17(19-14)21-18-10-12-9-13(22-2)5-7-16(12)23-3/h4-10H,1-3H3,(H2,19,20,21)/b18-10-. The number of benzene rings is 2. The first kappa shape index (κ1) is 14.9. The van der Waals surface area contributed by atoms with Crippen LogP contribution in [0.15, 0.2) is 41.5 Å². The average Bonchev–Trinajstić information content (AvgIpc) is 2.96. The van der Waals surface area contributed by atoms with Crippen LogP contribution < -0.4 is 14.9 Å². The molecule has 0 spiro atoms. The minimum Gasteiger partial charge on any atom is -0.497 e. The molecule has 0 saturated heterocycles. The van der Waals surface area contributed by atoms with Crippen molar-refractivity contribution in [3.63, 3.8) is 0 Å². The average molecular weight is 310 g/mol. The van der Waals surface area contributed by atoms with Crippen LogP contribution in [-0.2, 0) is 0 Å². The van der Waals surface area contributed by atoms with E-state index in [4.69, 9.17) is 9.47 Å². The molecule has 0 aliphatic carbocycles. The molecule has 0 amide bonds. The Kier molecular flexibility index (Phi) is 4.14. The third kappa shape index (κ3) is 3.26. The molecule has 6 nitrogen and oxygen atoms in total. The minimum absolute atomic E-state index is 0.587. The molecule has 0 bridgehead atoms. The highest BCUT2D eigenvalue weighted by Gasteiger charge is 2.04. The van der Waals surface area contributed by atoms with Crippen LogP contribution >= 0.6 is 0 Å². The Labute approximate surface area is 134 Å². The van der Waals surface area contributed by atoms with Crippen LogP contribution in [0.1, 0.15) is 11.1 Å². The van der Waals surface area contributed by atoms with E-state index < -0.39 is 0 Å². The number of aromatic amines is 1. The lowest BCUT2D eigenvalue weighted by molar-refractivity contribution is 0.402. The molecule has 0 aliphatic heterocycles. The van der Waals surface area contributed by atoms with Crippen LogP contribution in [0.2, 0.25) is 0 Å². The molecule has 118 valence electrons. The van der Waals surface area contributed by atoms with Gasteiger partial charge < -0.3 is 14.5 Å². The zero-order chi connectivity index (χ0) is 16.2. The number of fused-ring (bicyclic) bond motifs is 1. The van der Waals surface area contributed by atoms with Crippen molar-refractivity contribution in [2.45, 2.75) is 6.92 Å². The van der Waals surface area contributed by atoms with Gasteiger partial charge in [-0.3, -0.25) is 0 Å². The van der Waals surface area contributed by atoms with E-state index in [1.807, 2.05) is 43.3 Å². The number of nitrogens with one attached hydrogen (secondary N) is 2. The molecule has 3 rings (SSSR count). The molecular formula is C17H18N4O2. The fourth-order valence-electron chi connectivity index (χ4n) is 2.28. The first-order valence-electron chi connectivity index (χ1n) is 7.17. The number of hydrogen-bond donors (Lipinski definition) is 2. The molecule has 0 saturated carbocycles. The lowest BCUT2D eigenvalue weighted by atomic mass is 10.2. The summed E-state index contributed by atoms with van der Waals surface area (Å²) in [6.07, 6.45) is 1.67. The van der Waals surface area contributed by atoms with Crippen molar-refractivity contribution in [2.24, 2.45) is 5.10 Å². The predicted molar refractivity (Wildman–Crippen MR) is 91.6 cm³/mol. The van der Waals surface area contributed by atoms with Crippen LogP contribution in [0.3, 0.4) is 0 Å². The lowest BCUT2D eigenvalue weighted by Gasteiger charge is -2.06. The Bertz CT molecular complexity index is 855. The van der Waals surface area contributed by atoms with E-state index >= 15 is 0 Å². The zero-order valence-electron chi connectivity index (χ0n) is 13.3. The van der Waals surface area contributed by atoms with Crippen LogP contribution in [0.5, 0.6) is 11.5 Å². The van der Waals surface area contributed by atoms with E-state index in [9.17, 15) is 0 Å². The molecular weight excluding hydrogens is 292 g/mol. The van der Waals surface area contributed by atoms with Crippen LogP contribution in [0.25, 0.3) is 11.0 Å². The summed E-state index contributed by atoms with van der Waals surface area (Å²) in [7, 11) is 3.24. The minimum atomic E-state index is 0.587. The number of nitrogens with zero attached hydrogens (tertiary/aromatic N) is 2. The summed E-state index contributed by atoms with van der Waals surface area (Å²) in [5.41, 5.74) is 6.76. The maximum absolute atomic E-state index is 5.31. The van der Waals surface area contributed by atoms with Gasteiger partial charge in [-0.25, -0.2) is 10.4 Å². The van der Waals surface area contributed by atoms with Crippen molar-refractivity contribution in [3.8, 4) is 11.5 Å². The molecule has 2 N–H and O–H groups in total. The Morgan fingerprint density at radius 1 is 1.13 bits per heavy atom. The number of anilines is 1. The van der Waals surface area contributed by atoms with Crippen molar-refractivity contribution in [1.29, 1.82) is 0 Å². The largest absolute Gasteiger partial charge is 0.497 e. The second kappa shape index (κ2) is 6.39. The number of imidazole rings is 1. The monoisotopic (exact) mass is 310 g/mol. The predicted octanol–water partition coefficient (Wildman–Crippen LogP) is 3.33. The number of rotatable bonds is 5. The normalized spacial score (nSPS) is 11.1. The Morgan fingerprint density at radius 2 is 2.00 bits per heavy atom. The van der Waals surface area contributed by atoms with E-state index in [0.29, 0.717) is 5.95 Å². The van der Waals surface area contributed by atoms with Gasteiger partial charge in [0, 0.05) is 5.56 Å². The topological polar surface area (TPSA) is 71.5 Å².